The van der Waals surface area contributed by atoms with Crippen LogP contribution in [-0.2, 0) is 19.0 Å². The first-order valence-electron chi connectivity index (χ1n) is 6.01. The van der Waals surface area contributed by atoms with Gasteiger partial charge in [-0.1, -0.05) is 6.92 Å². The molecule has 19 heavy (non-hydrogen) atoms. The highest BCUT2D eigenvalue weighted by Crippen LogP contribution is 2.04. The Morgan fingerprint density at radius 2 is 2.11 bits per heavy atom. The zero-order valence-electron chi connectivity index (χ0n) is 11.3. The van der Waals surface area contributed by atoms with Gasteiger partial charge in [0, 0.05) is 20.1 Å². The van der Waals surface area contributed by atoms with E-state index in [0.29, 0.717) is 6.42 Å². The second-order valence-electron chi connectivity index (χ2n) is 3.76. The molecule has 0 rings (SSSR count). The number of nitrogens with two attached hydrogens (primary N) is 1. The lowest BCUT2D eigenvalue weighted by molar-refractivity contribution is -0.181. The van der Waals surface area contributed by atoms with Gasteiger partial charge in [-0.3, -0.25) is 4.79 Å². The molecule has 0 heterocycles. The van der Waals surface area contributed by atoms with Crippen LogP contribution in [0.25, 0.3) is 0 Å². The van der Waals surface area contributed by atoms with Crippen LogP contribution in [0.1, 0.15) is 19.8 Å². The average molecular weight is 278 g/mol. The number of carbonyl (C=O) groups is 2. The van der Waals surface area contributed by atoms with Crippen LogP contribution in [0.4, 0.5) is 4.79 Å². The summed E-state index contributed by atoms with van der Waals surface area (Å²) in [6.45, 7) is 1.71. The predicted octanol–water partition coefficient (Wildman–Crippen LogP) is -0.652. The molecule has 2 amide bonds. The summed E-state index contributed by atoms with van der Waals surface area (Å²) in [5.41, 5.74) is 4.91. The summed E-state index contributed by atoms with van der Waals surface area (Å²) >= 11 is 0. The van der Waals surface area contributed by atoms with Crippen LogP contribution >= 0.6 is 0 Å². The number of carbonyl (C=O) groups excluding carboxylic acids is 2. The van der Waals surface area contributed by atoms with Gasteiger partial charge in [0.25, 0.3) is 0 Å². The molecule has 2 unspecified atom stereocenters. The van der Waals surface area contributed by atoms with Gasteiger partial charge in [0.15, 0.2) is 6.29 Å². The Balaban J connectivity index is 3.86. The number of rotatable bonds is 10. The van der Waals surface area contributed by atoms with Crippen LogP contribution in [0.15, 0.2) is 0 Å². The summed E-state index contributed by atoms with van der Waals surface area (Å²) < 4.78 is 15.1. The minimum absolute atomic E-state index is 0.0434. The zero-order valence-corrected chi connectivity index (χ0v) is 11.3. The normalized spacial score (nSPS) is 13.6. The van der Waals surface area contributed by atoms with Gasteiger partial charge in [-0.2, -0.15) is 0 Å². The molecular weight excluding hydrogens is 256 g/mol. The van der Waals surface area contributed by atoms with Crippen molar-refractivity contribution in [3.8, 4) is 0 Å². The standard InChI is InChI=1S/C11H22N2O6/c1-3-8(6-14)19-10(17-2)7-18-11(16)13-5-4-9(12)15/h8,10,14H,3-7H2,1-2H3,(H2,12,15)(H,13,16). The number of alkyl carbamates (subject to hydrolysis) is 1. The van der Waals surface area contributed by atoms with E-state index in [1.54, 1.807) is 0 Å². The number of aliphatic hydroxyl groups excluding tert-OH is 1. The van der Waals surface area contributed by atoms with Crippen LogP contribution in [0, 0.1) is 0 Å². The maximum Gasteiger partial charge on any atom is 0.407 e. The molecule has 0 saturated carbocycles. The molecule has 8 heteroatoms. The molecule has 8 nitrogen and oxygen atoms in total. The largest absolute Gasteiger partial charge is 0.444 e. The highest BCUT2D eigenvalue weighted by molar-refractivity contribution is 5.75. The number of ether oxygens (including phenoxy) is 3. The molecular formula is C11H22N2O6. The smallest absolute Gasteiger partial charge is 0.407 e. The van der Waals surface area contributed by atoms with Gasteiger partial charge in [-0.15, -0.1) is 0 Å². The fourth-order valence-corrected chi connectivity index (χ4v) is 1.13. The minimum Gasteiger partial charge on any atom is -0.444 e. The Hall–Kier alpha value is -1.38. The van der Waals surface area contributed by atoms with Crippen LogP contribution in [0.5, 0.6) is 0 Å². The topological polar surface area (TPSA) is 120 Å². The van der Waals surface area contributed by atoms with E-state index in [1.165, 1.54) is 7.11 Å². The van der Waals surface area contributed by atoms with E-state index in [4.69, 9.17) is 25.1 Å². The molecule has 0 spiro atoms. The number of hydrogen-bond acceptors (Lipinski definition) is 6. The molecule has 0 aliphatic rings. The van der Waals surface area contributed by atoms with Gasteiger partial charge in [0.05, 0.1) is 12.7 Å². The zero-order chi connectivity index (χ0) is 14.7. The van der Waals surface area contributed by atoms with E-state index in [1.807, 2.05) is 6.92 Å². The molecule has 0 fully saturated rings. The van der Waals surface area contributed by atoms with Crippen molar-refractivity contribution in [2.75, 3.05) is 26.9 Å². The molecule has 2 atom stereocenters. The average Bonchev–Trinajstić information content (AvgIpc) is 2.38. The maximum absolute atomic E-state index is 11.2. The van der Waals surface area contributed by atoms with Crippen molar-refractivity contribution in [1.29, 1.82) is 0 Å². The van der Waals surface area contributed by atoms with Crippen molar-refractivity contribution >= 4 is 12.0 Å². The van der Waals surface area contributed by atoms with Crippen LogP contribution in [0.3, 0.4) is 0 Å². The van der Waals surface area contributed by atoms with Gasteiger partial charge in [0.1, 0.15) is 6.61 Å². The summed E-state index contributed by atoms with van der Waals surface area (Å²) in [5.74, 6) is -0.507. The minimum atomic E-state index is -0.751. The third-order valence-electron chi connectivity index (χ3n) is 2.26. The molecule has 0 aliphatic carbocycles. The molecule has 112 valence electrons. The van der Waals surface area contributed by atoms with Crippen LogP contribution < -0.4 is 11.1 Å². The number of primary amides is 1. The van der Waals surface area contributed by atoms with Crippen molar-refractivity contribution in [3.05, 3.63) is 0 Å². The lowest BCUT2D eigenvalue weighted by Gasteiger charge is -2.21. The lowest BCUT2D eigenvalue weighted by atomic mass is 10.3. The van der Waals surface area contributed by atoms with E-state index in [0.717, 1.165) is 0 Å². The van der Waals surface area contributed by atoms with E-state index < -0.39 is 18.3 Å². The highest BCUT2D eigenvalue weighted by Gasteiger charge is 2.16. The SMILES string of the molecule is CCC(CO)OC(COC(=O)NCCC(N)=O)OC. The summed E-state index contributed by atoms with van der Waals surface area (Å²) in [6, 6.07) is 0. The summed E-state index contributed by atoms with van der Waals surface area (Å²) in [4.78, 5) is 21.7. The second-order valence-corrected chi connectivity index (χ2v) is 3.76. The molecule has 0 aromatic heterocycles. The Labute approximate surface area is 112 Å². The third-order valence-corrected chi connectivity index (χ3v) is 2.26. The number of methoxy groups -OCH3 is 1. The monoisotopic (exact) mass is 278 g/mol. The molecule has 4 N–H and O–H groups in total. The molecule has 0 aromatic rings. The fraction of sp³-hybridized carbons (Fsp3) is 0.818. The highest BCUT2D eigenvalue weighted by atomic mass is 16.7. The number of hydrogen-bond donors (Lipinski definition) is 3. The van der Waals surface area contributed by atoms with Crippen LogP contribution in [-0.4, -0.2) is 56.4 Å². The second kappa shape index (κ2) is 10.5. The van der Waals surface area contributed by atoms with Crippen molar-refractivity contribution in [1.82, 2.24) is 5.32 Å². The Morgan fingerprint density at radius 3 is 2.58 bits per heavy atom. The lowest BCUT2D eigenvalue weighted by Crippen LogP contribution is -2.34. The molecule has 0 saturated heterocycles. The van der Waals surface area contributed by atoms with Crippen molar-refractivity contribution < 1.29 is 28.9 Å². The van der Waals surface area contributed by atoms with Crippen molar-refractivity contribution in [2.45, 2.75) is 32.2 Å². The van der Waals surface area contributed by atoms with Crippen molar-refractivity contribution in [2.24, 2.45) is 5.73 Å². The quantitative estimate of drug-likeness (QED) is 0.457. The first-order chi connectivity index (χ1) is 9.03. The first kappa shape index (κ1) is 17.6. The maximum atomic E-state index is 11.2. The summed E-state index contributed by atoms with van der Waals surface area (Å²) in [5, 5.41) is 11.3. The van der Waals surface area contributed by atoms with Crippen molar-refractivity contribution in [3.63, 3.8) is 0 Å². The number of aliphatic hydroxyl groups is 1. The van der Waals surface area contributed by atoms with Gasteiger partial charge in [-0.25, -0.2) is 4.79 Å². The van der Waals surface area contributed by atoms with E-state index >= 15 is 0 Å². The van der Waals surface area contributed by atoms with E-state index in [9.17, 15) is 9.59 Å². The summed E-state index contributed by atoms with van der Waals surface area (Å²) in [6.07, 6.45) is -1.16. The third kappa shape index (κ3) is 9.23. The molecule has 0 aliphatic heterocycles. The Kier molecular flexibility index (Phi) is 9.77. The van der Waals surface area contributed by atoms with Gasteiger partial charge in [0.2, 0.25) is 5.91 Å². The Bertz CT molecular complexity index is 270. The van der Waals surface area contributed by atoms with E-state index in [-0.39, 0.29) is 32.3 Å². The number of nitrogens with one attached hydrogen (secondary N) is 1. The number of amides is 2. The van der Waals surface area contributed by atoms with Crippen LogP contribution in [0.2, 0.25) is 0 Å². The Morgan fingerprint density at radius 1 is 1.42 bits per heavy atom. The molecule has 0 radical (unpaired) electrons. The van der Waals surface area contributed by atoms with Gasteiger partial charge in [-0.05, 0) is 6.42 Å². The first-order valence-corrected chi connectivity index (χ1v) is 6.01. The summed E-state index contributed by atoms with van der Waals surface area (Å²) in [7, 11) is 1.41. The van der Waals surface area contributed by atoms with E-state index in [2.05, 4.69) is 5.32 Å². The van der Waals surface area contributed by atoms with Gasteiger partial charge >= 0.3 is 6.09 Å². The fourth-order valence-electron chi connectivity index (χ4n) is 1.13. The molecule has 0 aromatic carbocycles. The predicted molar refractivity (Wildman–Crippen MR) is 66.2 cm³/mol. The molecule has 0 bridgehead atoms. The van der Waals surface area contributed by atoms with Gasteiger partial charge < -0.3 is 30.4 Å².